The summed E-state index contributed by atoms with van der Waals surface area (Å²) in [7, 11) is 1.39. The van der Waals surface area contributed by atoms with Gasteiger partial charge in [0.2, 0.25) is 0 Å². The van der Waals surface area contributed by atoms with Gasteiger partial charge in [0.15, 0.2) is 0 Å². The average Bonchev–Trinajstić information content (AvgIpc) is 2.61. The molecule has 1 fully saturated rings. The van der Waals surface area contributed by atoms with E-state index in [0.29, 0.717) is 18.6 Å². The van der Waals surface area contributed by atoms with E-state index in [9.17, 15) is 9.59 Å². The van der Waals surface area contributed by atoms with Gasteiger partial charge in [-0.1, -0.05) is 19.1 Å². The maximum absolute atomic E-state index is 11.7. The van der Waals surface area contributed by atoms with Gasteiger partial charge in [-0.15, -0.1) is 0 Å². The van der Waals surface area contributed by atoms with Gasteiger partial charge in [-0.25, -0.2) is 0 Å². The zero-order valence-corrected chi connectivity index (χ0v) is 10.1. The number of allylic oxidation sites excluding steroid dienone is 2. The summed E-state index contributed by atoms with van der Waals surface area (Å²) in [6, 6.07) is 0. The summed E-state index contributed by atoms with van der Waals surface area (Å²) < 4.78 is 4.65. The normalized spacial score (nSPS) is 23.8. The molecule has 92 valence electrons. The van der Waals surface area contributed by atoms with E-state index in [1.807, 2.05) is 0 Å². The first-order chi connectivity index (χ1) is 7.69. The number of rotatable bonds is 5. The fourth-order valence-corrected chi connectivity index (χ4v) is 2.25. The van der Waals surface area contributed by atoms with Crippen molar-refractivity contribution >= 4 is 63.1 Å². The quantitative estimate of drug-likeness (QED) is 0.432. The first kappa shape index (κ1) is 17.5. The molecular formula is C13H21KO3. The van der Waals surface area contributed by atoms with Crippen molar-refractivity contribution in [1.82, 2.24) is 0 Å². The number of ether oxygens (including phenoxy) is 1. The molecule has 3 nitrogen and oxygen atoms in total. The number of Topliss-reactive ketones (excluding diaryl/α,β-unsaturated/α-hetero) is 1. The van der Waals surface area contributed by atoms with E-state index >= 15 is 0 Å². The summed E-state index contributed by atoms with van der Waals surface area (Å²) in [5.74, 6) is 0.308. The summed E-state index contributed by atoms with van der Waals surface area (Å²) in [5.41, 5.74) is 0. The van der Waals surface area contributed by atoms with Crippen molar-refractivity contribution in [3.05, 3.63) is 12.2 Å². The van der Waals surface area contributed by atoms with E-state index in [0.717, 1.165) is 19.3 Å². The fourth-order valence-electron chi connectivity index (χ4n) is 2.25. The third-order valence-electron chi connectivity index (χ3n) is 3.19. The Kier molecular flexibility index (Phi) is 9.73. The van der Waals surface area contributed by atoms with Crippen LogP contribution in [-0.2, 0) is 14.3 Å². The van der Waals surface area contributed by atoms with Gasteiger partial charge < -0.3 is 4.74 Å². The van der Waals surface area contributed by atoms with Crippen LogP contribution in [0.25, 0.3) is 0 Å². The van der Waals surface area contributed by atoms with Crippen molar-refractivity contribution in [2.45, 2.75) is 39.0 Å². The molecule has 0 bridgehead atoms. The molecular weight excluding hydrogens is 243 g/mol. The number of carbonyl (C=O) groups excluding carboxylic acids is 2. The van der Waals surface area contributed by atoms with E-state index in [-0.39, 0.29) is 69.2 Å². The first-order valence-electron chi connectivity index (χ1n) is 5.93. The Morgan fingerprint density at radius 1 is 1.47 bits per heavy atom. The molecule has 17 heavy (non-hydrogen) atoms. The predicted octanol–water partition coefficient (Wildman–Crippen LogP) is 1.85. The number of methoxy groups -OCH3 is 1. The van der Waals surface area contributed by atoms with Crippen LogP contribution >= 0.6 is 0 Å². The van der Waals surface area contributed by atoms with Crippen LogP contribution in [0.4, 0.5) is 0 Å². The minimum atomic E-state index is -0.204. The molecule has 1 rings (SSSR count). The third kappa shape index (κ3) is 5.79. The van der Waals surface area contributed by atoms with E-state index in [1.54, 1.807) is 0 Å². The monoisotopic (exact) mass is 264 g/mol. The Bertz CT molecular complexity index is 286. The van der Waals surface area contributed by atoms with Crippen LogP contribution in [0.3, 0.4) is 0 Å². The van der Waals surface area contributed by atoms with Crippen LogP contribution in [0.1, 0.15) is 39.0 Å². The number of hydrogen-bond donors (Lipinski definition) is 0. The third-order valence-corrected chi connectivity index (χ3v) is 3.19. The summed E-state index contributed by atoms with van der Waals surface area (Å²) >= 11 is 0. The van der Waals surface area contributed by atoms with Gasteiger partial charge >= 0.3 is 57.4 Å². The number of hydrogen-bond acceptors (Lipinski definition) is 3. The van der Waals surface area contributed by atoms with Gasteiger partial charge in [-0.05, 0) is 25.2 Å². The molecule has 0 aromatic rings. The van der Waals surface area contributed by atoms with E-state index in [4.69, 9.17) is 0 Å². The van der Waals surface area contributed by atoms with Crippen LogP contribution in [0.2, 0.25) is 0 Å². The zero-order valence-electron chi connectivity index (χ0n) is 10.1. The molecule has 1 saturated carbocycles. The van der Waals surface area contributed by atoms with Crippen LogP contribution in [0.15, 0.2) is 12.2 Å². The van der Waals surface area contributed by atoms with Crippen molar-refractivity contribution in [3.8, 4) is 0 Å². The van der Waals surface area contributed by atoms with Crippen molar-refractivity contribution in [2.24, 2.45) is 11.8 Å². The van der Waals surface area contributed by atoms with Crippen molar-refractivity contribution in [1.29, 1.82) is 0 Å². The molecule has 0 spiro atoms. The molecule has 0 amide bonds. The van der Waals surface area contributed by atoms with Crippen LogP contribution in [0.5, 0.6) is 0 Å². The molecule has 0 N–H and O–H groups in total. The molecule has 0 aromatic heterocycles. The molecule has 2 unspecified atom stereocenters. The van der Waals surface area contributed by atoms with Crippen molar-refractivity contribution in [2.75, 3.05) is 7.11 Å². The molecule has 1 aliphatic rings. The molecule has 0 saturated heterocycles. The van der Waals surface area contributed by atoms with E-state index in [1.165, 1.54) is 7.11 Å². The maximum atomic E-state index is 11.7. The van der Waals surface area contributed by atoms with Crippen LogP contribution in [-0.4, -0.2) is 70.2 Å². The first-order valence-corrected chi connectivity index (χ1v) is 5.93. The number of esters is 1. The Labute approximate surface area is 146 Å². The van der Waals surface area contributed by atoms with Gasteiger partial charge in [0.25, 0.3) is 0 Å². The summed E-state index contributed by atoms with van der Waals surface area (Å²) in [4.78, 5) is 22.9. The van der Waals surface area contributed by atoms with Gasteiger partial charge in [-0.2, -0.15) is 0 Å². The summed E-state index contributed by atoms with van der Waals surface area (Å²) in [6.07, 6.45) is 7.72. The minimum absolute atomic E-state index is 0. The Morgan fingerprint density at radius 3 is 2.76 bits per heavy atom. The zero-order chi connectivity index (χ0) is 12.0. The molecule has 0 radical (unpaired) electrons. The molecule has 2 atom stereocenters. The molecule has 1 aliphatic carbocycles. The van der Waals surface area contributed by atoms with Gasteiger partial charge in [-0.3, -0.25) is 9.59 Å². The van der Waals surface area contributed by atoms with Crippen LogP contribution < -0.4 is 0 Å². The number of ketones is 1. The molecule has 0 aliphatic heterocycles. The van der Waals surface area contributed by atoms with Crippen LogP contribution in [0, 0.1) is 11.8 Å². The molecule has 0 heterocycles. The fraction of sp³-hybridized carbons (Fsp3) is 0.692. The second-order valence-electron chi connectivity index (χ2n) is 4.27. The van der Waals surface area contributed by atoms with Crippen molar-refractivity contribution < 1.29 is 14.3 Å². The average molecular weight is 264 g/mol. The Hall–Kier alpha value is 0.516. The summed E-state index contributed by atoms with van der Waals surface area (Å²) in [6.45, 7) is 2.07. The second-order valence-corrected chi connectivity index (χ2v) is 4.27. The van der Waals surface area contributed by atoms with Gasteiger partial charge in [0, 0.05) is 18.8 Å². The SMILES string of the molecule is CCC=CCC1C(=O)CCC1CC(=O)OC.[KH]. The number of carbonyl (C=O) groups is 2. The Morgan fingerprint density at radius 2 is 2.18 bits per heavy atom. The standard InChI is InChI=1S/C13H20O3.K.H/c1-3-4-5-6-11-10(7-8-12(11)14)9-13(15)16-2;;/h4-5,10-11H,3,6-9H2,1-2H3;;. The topological polar surface area (TPSA) is 43.4 Å². The summed E-state index contributed by atoms with van der Waals surface area (Å²) in [5, 5.41) is 0. The van der Waals surface area contributed by atoms with E-state index in [2.05, 4.69) is 23.8 Å². The molecule has 0 aromatic carbocycles. The van der Waals surface area contributed by atoms with Gasteiger partial charge in [0.05, 0.1) is 7.11 Å². The second kappa shape index (κ2) is 9.45. The van der Waals surface area contributed by atoms with E-state index < -0.39 is 0 Å². The Balaban J connectivity index is 0.00000256. The predicted molar refractivity (Wildman–Crippen MR) is 69.1 cm³/mol. The van der Waals surface area contributed by atoms with Gasteiger partial charge in [0.1, 0.15) is 5.78 Å². The van der Waals surface area contributed by atoms with Crippen molar-refractivity contribution in [3.63, 3.8) is 0 Å². The molecule has 4 heteroatoms.